The van der Waals surface area contributed by atoms with Crippen LogP contribution < -0.4 is 0 Å². The maximum absolute atomic E-state index is 8.95. The van der Waals surface area contributed by atoms with Crippen molar-refractivity contribution in [2.24, 2.45) is 0 Å². The van der Waals surface area contributed by atoms with Crippen LogP contribution >= 0.6 is 0 Å². The van der Waals surface area contributed by atoms with Crippen molar-refractivity contribution >= 4 is 0 Å². The standard InChI is InChI=1S/C16H22N2O2/c1-13(2)18(9-6-10-19)11-15-12-20-16(17-15)14-7-4-3-5-8-14/h3-5,7-8,12-13,19H,6,9-11H2,1-2H3. The zero-order chi connectivity index (χ0) is 14.4. The van der Waals surface area contributed by atoms with Gasteiger partial charge in [-0.25, -0.2) is 4.98 Å². The lowest BCUT2D eigenvalue weighted by atomic mass is 10.2. The van der Waals surface area contributed by atoms with Crippen molar-refractivity contribution in [3.05, 3.63) is 42.3 Å². The van der Waals surface area contributed by atoms with Crippen LogP contribution in [0, 0.1) is 0 Å². The molecule has 20 heavy (non-hydrogen) atoms. The minimum Gasteiger partial charge on any atom is -0.444 e. The summed E-state index contributed by atoms with van der Waals surface area (Å²) in [6.07, 6.45) is 2.50. The molecule has 4 nitrogen and oxygen atoms in total. The highest BCUT2D eigenvalue weighted by Gasteiger charge is 2.13. The van der Waals surface area contributed by atoms with Crippen LogP contribution in [-0.2, 0) is 6.54 Å². The Bertz CT molecular complexity index is 508. The largest absolute Gasteiger partial charge is 0.444 e. The summed E-state index contributed by atoms with van der Waals surface area (Å²) in [7, 11) is 0. The zero-order valence-electron chi connectivity index (χ0n) is 12.1. The first-order valence-corrected chi connectivity index (χ1v) is 7.05. The van der Waals surface area contributed by atoms with Gasteiger partial charge in [0.25, 0.3) is 0 Å². The summed E-state index contributed by atoms with van der Waals surface area (Å²) in [5.41, 5.74) is 1.92. The third-order valence-electron chi connectivity index (χ3n) is 3.27. The second-order valence-corrected chi connectivity index (χ2v) is 5.15. The highest BCUT2D eigenvalue weighted by molar-refractivity contribution is 5.52. The van der Waals surface area contributed by atoms with E-state index in [1.54, 1.807) is 6.26 Å². The molecule has 1 aromatic heterocycles. The van der Waals surface area contributed by atoms with E-state index >= 15 is 0 Å². The van der Waals surface area contributed by atoms with E-state index in [0.29, 0.717) is 11.9 Å². The van der Waals surface area contributed by atoms with E-state index in [4.69, 9.17) is 9.52 Å². The molecule has 0 unspecified atom stereocenters. The molecule has 2 rings (SSSR count). The minimum atomic E-state index is 0.220. The van der Waals surface area contributed by atoms with Crippen LogP contribution in [0.25, 0.3) is 11.5 Å². The van der Waals surface area contributed by atoms with Gasteiger partial charge in [0.1, 0.15) is 6.26 Å². The summed E-state index contributed by atoms with van der Waals surface area (Å²) < 4.78 is 5.55. The molecule has 0 saturated heterocycles. The summed E-state index contributed by atoms with van der Waals surface area (Å²) in [6, 6.07) is 10.3. The van der Waals surface area contributed by atoms with Gasteiger partial charge in [0.15, 0.2) is 0 Å². The van der Waals surface area contributed by atoms with Crippen molar-refractivity contribution in [1.82, 2.24) is 9.88 Å². The summed E-state index contributed by atoms with van der Waals surface area (Å²) in [5.74, 6) is 0.659. The smallest absolute Gasteiger partial charge is 0.226 e. The van der Waals surface area contributed by atoms with Crippen molar-refractivity contribution in [3.63, 3.8) is 0 Å². The van der Waals surface area contributed by atoms with Crippen LogP contribution in [0.3, 0.4) is 0 Å². The summed E-state index contributed by atoms with van der Waals surface area (Å²) >= 11 is 0. The molecular formula is C16H22N2O2. The quantitative estimate of drug-likeness (QED) is 0.843. The monoisotopic (exact) mass is 274 g/mol. The van der Waals surface area contributed by atoms with E-state index < -0.39 is 0 Å². The van der Waals surface area contributed by atoms with Gasteiger partial charge in [0.05, 0.1) is 5.69 Å². The molecule has 1 N–H and O–H groups in total. The molecule has 1 heterocycles. The van der Waals surface area contributed by atoms with Crippen LogP contribution in [0.15, 0.2) is 41.0 Å². The summed E-state index contributed by atoms with van der Waals surface area (Å²) in [4.78, 5) is 6.82. The molecule has 0 aliphatic carbocycles. The molecule has 0 amide bonds. The molecule has 0 bridgehead atoms. The maximum atomic E-state index is 8.95. The fourth-order valence-electron chi connectivity index (χ4n) is 2.09. The number of oxazole rings is 1. The van der Waals surface area contributed by atoms with Gasteiger partial charge in [0, 0.05) is 31.3 Å². The first-order chi connectivity index (χ1) is 9.70. The number of aliphatic hydroxyl groups is 1. The molecule has 0 atom stereocenters. The Hall–Kier alpha value is -1.65. The number of hydrogen-bond donors (Lipinski definition) is 1. The number of rotatable bonds is 7. The van der Waals surface area contributed by atoms with E-state index in [1.807, 2.05) is 30.3 Å². The number of hydrogen-bond acceptors (Lipinski definition) is 4. The lowest BCUT2D eigenvalue weighted by Crippen LogP contribution is -2.31. The predicted molar refractivity (Wildman–Crippen MR) is 79.2 cm³/mol. The van der Waals surface area contributed by atoms with E-state index in [9.17, 15) is 0 Å². The topological polar surface area (TPSA) is 49.5 Å². The second kappa shape index (κ2) is 7.22. The van der Waals surface area contributed by atoms with Gasteiger partial charge in [0.2, 0.25) is 5.89 Å². The highest BCUT2D eigenvalue weighted by atomic mass is 16.3. The first-order valence-electron chi connectivity index (χ1n) is 7.05. The average Bonchev–Trinajstić information content (AvgIpc) is 2.92. The van der Waals surface area contributed by atoms with Crippen molar-refractivity contribution in [2.45, 2.75) is 32.9 Å². The van der Waals surface area contributed by atoms with E-state index in [-0.39, 0.29) is 6.61 Å². The van der Waals surface area contributed by atoms with E-state index in [2.05, 4.69) is 23.7 Å². The van der Waals surface area contributed by atoms with Gasteiger partial charge in [-0.1, -0.05) is 18.2 Å². The average molecular weight is 274 g/mol. The number of benzene rings is 1. The number of aliphatic hydroxyl groups excluding tert-OH is 1. The minimum absolute atomic E-state index is 0.220. The fourth-order valence-corrected chi connectivity index (χ4v) is 2.09. The first kappa shape index (κ1) is 14.8. The third-order valence-corrected chi connectivity index (χ3v) is 3.27. The second-order valence-electron chi connectivity index (χ2n) is 5.15. The van der Waals surface area contributed by atoms with Gasteiger partial charge >= 0.3 is 0 Å². The molecule has 1 aromatic carbocycles. The molecule has 0 saturated carbocycles. The molecule has 0 radical (unpaired) electrons. The van der Waals surface area contributed by atoms with Gasteiger partial charge < -0.3 is 9.52 Å². The Morgan fingerprint density at radius 1 is 1.25 bits per heavy atom. The molecule has 4 heteroatoms. The fraction of sp³-hybridized carbons (Fsp3) is 0.438. The molecule has 0 spiro atoms. The van der Waals surface area contributed by atoms with Gasteiger partial charge in [-0.3, -0.25) is 4.90 Å². The predicted octanol–water partition coefficient (Wildman–Crippen LogP) is 2.93. The molecule has 0 fully saturated rings. The van der Waals surface area contributed by atoms with E-state index in [0.717, 1.165) is 30.8 Å². The van der Waals surface area contributed by atoms with Crippen molar-refractivity contribution < 1.29 is 9.52 Å². The summed E-state index contributed by atoms with van der Waals surface area (Å²) in [6.45, 7) is 6.12. The number of aromatic nitrogens is 1. The normalized spacial score (nSPS) is 11.4. The Balaban J connectivity index is 2.04. The SMILES string of the molecule is CC(C)N(CCCO)Cc1coc(-c2ccccc2)n1. The maximum Gasteiger partial charge on any atom is 0.226 e. The van der Waals surface area contributed by atoms with Crippen LogP contribution in [0.4, 0.5) is 0 Å². The molecular weight excluding hydrogens is 252 g/mol. The molecule has 2 aromatic rings. The van der Waals surface area contributed by atoms with Crippen molar-refractivity contribution in [1.29, 1.82) is 0 Å². The van der Waals surface area contributed by atoms with Crippen LogP contribution in [0.1, 0.15) is 26.0 Å². The number of nitrogens with zero attached hydrogens (tertiary/aromatic N) is 2. The molecule has 0 aliphatic rings. The Morgan fingerprint density at radius 2 is 2.00 bits per heavy atom. The van der Waals surface area contributed by atoms with Gasteiger partial charge in [-0.05, 0) is 32.4 Å². The zero-order valence-corrected chi connectivity index (χ0v) is 12.1. The van der Waals surface area contributed by atoms with Gasteiger partial charge in [-0.15, -0.1) is 0 Å². The van der Waals surface area contributed by atoms with Crippen molar-refractivity contribution in [2.75, 3.05) is 13.2 Å². The molecule has 0 aliphatic heterocycles. The third kappa shape index (κ3) is 3.92. The van der Waals surface area contributed by atoms with Crippen LogP contribution in [0.2, 0.25) is 0 Å². The van der Waals surface area contributed by atoms with Crippen LogP contribution in [0.5, 0.6) is 0 Å². The van der Waals surface area contributed by atoms with E-state index in [1.165, 1.54) is 0 Å². The van der Waals surface area contributed by atoms with Crippen LogP contribution in [-0.4, -0.2) is 34.2 Å². The Morgan fingerprint density at radius 3 is 2.65 bits per heavy atom. The summed E-state index contributed by atoms with van der Waals surface area (Å²) in [5, 5.41) is 8.95. The Kier molecular flexibility index (Phi) is 5.32. The Labute approximate surface area is 120 Å². The lowest BCUT2D eigenvalue weighted by molar-refractivity contribution is 0.183. The van der Waals surface area contributed by atoms with Crippen molar-refractivity contribution in [3.8, 4) is 11.5 Å². The van der Waals surface area contributed by atoms with Gasteiger partial charge in [-0.2, -0.15) is 0 Å². The molecule has 108 valence electrons. The lowest BCUT2D eigenvalue weighted by Gasteiger charge is -2.24. The highest BCUT2D eigenvalue weighted by Crippen LogP contribution is 2.19.